The van der Waals surface area contributed by atoms with Gasteiger partial charge in [-0.25, -0.2) is 9.18 Å². The lowest BCUT2D eigenvalue weighted by Gasteiger charge is -2.15. The summed E-state index contributed by atoms with van der Waals surface area (Å²) in [5, 5.41) is 2.66. The van der Waals surface area contributed by atoms with Gasteiger partial charge in [-0.2, -0.15) is 0 Å². The van der Waals surface area contributed by atoms with Crippen LogP contribution in [0, 0.1) is 5.82 Å². The third-order valence-electron chi connectivity index (χ3n) is 4.49. The van der Waals surface area contributed by atoms with E-state index in [4.69, 9.17) is 14.2 Å². The molecule has 0 aliphatic rings. The minimum absolute atomic E-state index is 0.197. The minimum Gasteiger partial charge on any atom is -0.490 e. The van der Waals surface area contributed by atoms with Gasteiger partial charge < -0.3 is 19.5 Å². The van der Waals surface area contributed by atoms with Crippen LogP contribution in [0.4, 0.5) is 4.39 Å². The van der Waals surface area contributed by atoms with Crippen LogP contribution in [0.15, 0.2) is 78.9 Å². The van der Waals surface area contributed by atoms with Crippen LogP contribution in [0.5, 0.6) is 11.5 Å². The van der Waals surface area contributed by atoms with Crippen molar-refractivity contribution in [3.8, 4) is 11.5 Å². The van der Waals surface area contributed by atoms with Gasteiger partial charge in [0.2, 0.25) is 0 Å². The van der Waals surface area contributed by atoms with Crippen LogP contribution in [-0.2, 0) is 16.1 Å². The Morgan fingerprint density at radius 1 is 0.875 bits per heavy atom. The largest absolute Gasteiger partial charge is 0.490 e. The first-order valence-corrected chi connectivity index (χ1v) is 10.2. The van der Waals surface area contributed by atoms with E-state index in [2.05, 4.69) is 5.32 Å². The molecule has 0 aliphatic heterocycles. The van der Waals surface area contributed by atoms with Crippen LogP contribution in [0.2, 0.25) is 0 Å². The number of benzene rings is 3. The molecule has 1 N–H and O–H groups in total. The van der Waals surface area contributed by atoms with E-state index in [1.54, 1.807) is 36.4 Å². The van der Waals surface area contributed by atoms with Gasteiger partial charge in [-0.05, 0) is 48.9 Å². The molecule has 0 saturated heterocycles. The molecule has 0 unspecified atom stereocenters. The van der Waals surface area contributed by atoms with Crippen molar-refractivity contribution in [3.63, 3.8) is 0 Å². The quantitative estimate of drug-likeness (QED) is 0.381. The number of carbonyl (C=O) groups is 2. The molecule has 3 aromatic carbocycles. The van der Waals surface area contributed by atoms with Crippen LogP contribution in [0.25, 0.3) is 0 Å². The molecule has 1 amide bonds. The SMILES string of the molecule is C[C@H](OC(=O)c1ccccc1OCCOc1ccccc1)C(=O)NCc1ccc(F)cc1. The standard InChI is InChI=1S/C25H24FNO5/c1-18(24(28)27-17-19-11-13-20(26)14-12-19)32-25(29)22-9-5-6-10-23(22)31-16-15-30-21-7-3-2-4-8-21/h2-14,18H,15-17H2,1H3,(H,27,28)/t18-/m0/s1. The summed E-state index contributed by atoms with van der Waals surface area (Å²) >= 11 is 0. The van der Waals surface area contributed by atoms with Crippen molar-refractivity contribution >= 4 is 11.9 Å². The molecule has 0 aliphatic carbocycles. The number of para-hydroxylation sites is 2. The van der Waals surface area contributed by atoms with E-state index in [-0.39, 0.29) is 24.5 Å². The first-order valence-electron chi connectivity index (χ1n) is 10.2. The zero-order valence-corrected chi connectivity index (χ0v) is 17.6. The van der Waals surface area contributed by atoms with Crippen LogP contribution in [0.1, 0.15) is 22.8 Å². The molecule has 1 atom stereocenters. The number of amides is 1. The van der Waals surface area contributed by atoms with Crippen molar-refractivity contribution in [2.24, 2.45) is 0 Å². The topological polar surface area (TPSA) is 73.9 Å². The second kappa shape index (κ2) is 11.5. The predicted molar refractivity (Wildman–Crippen MR) is 117 cm³/mol. The highest BCUT2D eigenvalue weighted by atomic mass is 19.1. The lowest BCUT2D eigenvalue weighted by Crippen LogP contribution is -2.35. The Morgan fingerprint density at radius 2 is 1.53 bits per heavy atom. The van der Waals surface area contributed by atoms with Crippen LogP contribution < -0.4 is 14.8 Å². The highest BCUT2D eigenvalue weighted by molar-refractivity contribution is 5.94. The number of carbonyl (C=O) groups excluding carboxylic acids is 2. The Bertz CT molecular complexity index is 1020. The van der Waals surface area contributed by atoms with Crippen molar-refractivity contribution < 1.29 is 28.2 Å². The fraction of sp³-hybridized carbons (Fsp3) is 0.200. The predicted octanol–water partition coefficient (Wildman–Crippen LogP) is 4.15. The maximum Gasteiger partial charge on any atom is 0.342 e. The van der Waals surface area contributed by atoms with E-state index in [9.17, 15) is 14.0 Å². The van der Waals surface area contributed by atoms with Crippen LogP contribution in [0.3, 0.4) is 0 Å². The van der Waals surface area contributed by atoms with E-state index < -0.39 is 18.0 Å². The van der Waals surface area contributed by atoms with Gasteiger partial charge in [0, 0.05) is 6.54 Å². The monoisotopic (exact) mass is 437 g/mol. The third-order valence-corrected chi connectivity index (χ3v) is 4.49. The van der Waals surface area contributed by atoms with Gasteiger partial charge in [-0.1, -0.05) is 42.5 Å². The Balaban J connectivity index is 1.49. The summed E-state index contributed by atoms with van der Waals surface area (Å²) in [5.74, 6) is -0.418. The number of ether oxygens (including phenoxy) is 3. The minimum atomic E-state index is -1.02. The summed E-state index contributed by atoms with van der Waals surface area (Å²) in [6.45, 7) is 2.21. The smallest absolute Gasteiger partial charge is 0.342 e. The summed E-state index contributed by atoms with van der Waals surface area (Å²) in [6, 6.07) is 21.7. The summed E-state index contributed by atoms with van der Waals surface area (Å²) in [7, 11) is 0. The molecular formula is C25H24FNO5. The lowest BCUT2D eigenvalue weighted by atomic mass is 10.2. The zero-order chi connectivity index (χ0) is 22.8. The van der Waals surface area contributed by atoms with Crippen molar-refractivity contribution in [1.29, 1.82) is 0 Å². The molecule has 166 valence electrons. The number of nitrogens with one attached hydrogen (secondary N) is 1. The van der Waals surface area contributed by atoms with Gasteiger partial charge >= 0.3 is 5.97 Å². The van der Waals surface area contributed by atoms with Crippen molar-refractivity contribution in [1.82, 2.24) is 5.32 Å². The molecule has 0 heterocycles. The lowest BCUT2D eigenvalue weighted by molar-refractivity contribution is -0.129. The fourth-order valence-corrected chi connectivity index (χ4v) is 2.80. The van der Waals surface area contributed by atoms with Crippen LogP contribution >= 0.6 is 0 Å². The average molecular weight is 437 g/mol. The molecule has 0 radical (unpaired) electrons. The molecule has 0 bridgehead atoms. The maximum absolute atomic E-state index is 13.0. The first kappa shape index (κ1) is 22.8. The van der Waals surface area contributed by atoms with E-state index in [0.717, 1.165) is 11.3 Å². The third kappa shape index (κ3) is 6.84. The number of rotatable bonds is 10. The summed E-state index contributed by atoms with van der Waals surface area (Å²) in [6.07, 6.45) is -1.02. The molecule has 0 spiro atoms. The summed E-state index contributed by atoms with van der Waals surface area (Å²) < 4.78 is 29.5. The molecule has 6 nitrogen and oxygen atoms in total. The van der Waals surface area contributed by atoms with E-state index in [1.165, 1.54) is 19.1 Å². The Morgan fingerprint density at radius 3 is 2.28 bits per heavy atom. The Labute approximate surface area is 185 Å². The highest BCUT2D eigenvalue weighted by Crippen LogP contribution is 2.20. The normalized spacial score (nSPS) is 11.3. The van der Waals surface area contributed by atoms with E-state index >= 15 is 0 Å². The molecule has 3 rings (SSSR count). The van der Waals surface area contributed by atoms with Crippen molar-refractivity contribution in [3.05, 3.63) is 95.8 Å². The highest BCUT2D eigenvalue weighted by Gasteiger charge is 2.21. The first-order chi connectivity index (χ1) is 15.5. The fourth-order valence-electron chi connectivity index (χ4n) is 2.80. The number of halogens is 1. The molecule has 0 fully saturated rings. The van der Waals surface area contributed by atoms with Crippen molar-refractivity contribution in [2.75, 3.05) is 13.2 Å². The number of esters is 1. The zero-order valence-electron chi connectivity index (χ0n) is 17.6. The average Bonchev–Trinajstić information content (AvgIpc) is 2.82. The van der Waals surface area contributed by atoms with Gasteiger partial charge in [0.1, 0.15) is 36.1 Å². The maximum atomic E-state index is 13.0. The second-order valence-electron chi connectivity index (χ2n) is 6.90. The van der Waals surface area contributed by atoms with E-state index in [0.29, 0.717) is 12.4 Å². The molecule has 3 aromatic rings. The van der Waals surface area contributed by atoms with Gasteiger partial charge in [-0.3, -0.25) is 4.79 Å². The van der Waals surface area contributed by atoms with Gasteiger partial charge in [0.15, 0.2) is 6.10 Å². The molecule has 32 heavy (non-hydrogen) atoms. The Kier molecular flexibility index (Phi) is 8.20. The van der Waals surface area contributed by atoms with Gasteiger partial charge in [-0.15, -0.1) is 0 Å². The molecule has 0 aromatic heterocycles. The summed E-state index contributed by atoms with van der Waals surface area (Å²) in [4.78, 5) is 24.9. The van der Waals surface area contributed by atoms with Gasteiger partial charge in [0.25, 0.3) is 5.91 Å². The van der Waals surface area contributed by atoms with Crippen LogP contribution in [-0.4, -0.2) is 31.2 Å². The molecule has 0 saturated carbocycles. The Hall–Kier alpha value is -3.87. The van der Waals surface area contributed by atoms with Gasteiger partial charge in [0.05, 0.1) is 0 Å². The van der Waals surface area contributed by atoms with E-state index in [1.807, 2.05) is 30.3 Å². The number of hydrogen-bond acceptors (Lipinski definition) is 5. The van der Waals surface area contributed by atoms with Crippen molar-refractivity contribution in [2.45, 2.75) is 19.6 Å². The molecule has 7 heteroatoms. The number of hydrogen-bond donors (Lipinski definition) is 1. The summed E-state index contributed by atoms with van der Waals surface area (Å²) in [5.41, 5.74) is 0.945. The second-order valence-corrected chi connectivity index (χ2v) is 6.90. The molecular weight excluding hydrogens is 413 g/mol.